The van der Waals surface area contributed by atoms with Crippen LogP contribution in [0.25, 0.3) is 11.3 Å². The van der Waals surface area contributed by atoms with E-state index >= 15 is 0 Å². The van der Waals surface area contributed by atoms with Crippen molar-refractivity contribution in [1.82, 2.24) is 10.2 Å². The van der Waals surface area contributed by atoms with E-state index in [0.29, 0.717) is 0 Å². The summed E-state index contributed by atoms with van der Waals surface area (Å²) in [7, 11) is 0. The van der Waals surface area contributed by atoms with Crippen molar-refractivity contribution in [2.75, 3.05) is 5.32 Å². The largest absolute Gasteiger partial charge is 0.326 e. The van der Waals surface area contributed by atoms with Crippen molar-refractivity contribution in [2.45, 2.75) is 6.92 Å². The second kappa shape index (κ2) is 3.96. The molecule has 4 nitrogen and oxygen atoms in total. The first-order chi connectivity index (χ1) is 7.27. The van der Waals surface area contributed by atoms with Crippen LogP contribution in [0.15, 0.2) is 36.5 Å². The fourth-order valence-corrected chi connectivity index (χ4v) is 1.42. The van der Waals surface area contributed by atoms with Crippen LogP contribution < -0.4 is 5.32 Å². The number of hydrogen-bond acceptors (Lipinski definition) is 2. The molecule has 0 bridgehead atoms. The fourth-order valence-electron chi connectivity index (χ4n) is 1.42. The lowest BCUT2D eigenvalue weighted by molar-refractivity contribution is -0.114. The van der Waals surface area contributed by atoms with Crippen LogP contribution in [0.4, 0.5) is 5.69 Å². The molecule has 76 valence electrons. The lowest BCUT2D eigenvalue weighted by Crippen LogP contribution is -2.06. The Morgan fingerprint density at radius 2 is 2.13 bits per heavy atom. The van der Waals surface area contributed by atoms with Crippen LogP contribution in [-0.2, 0) is 4.79 Å². The lowest BCUT2D eigenvalue weighted by Gasteiger charge is -2.07. The van der Waals surface area contributed by atoms with Gasteiger partial charge in [-0.3, -0.25) is 9.89 Å². The minimum absolute atomic E-state index is 0.0815. The van der Waals surface area contributed by atoms with E-state index in [-0.39, 0.29) is 5.91 Å². The number of hydrogen-bond donors (Lipinski definition) is 2. The van der Waals surface area contributed by atoms with E-state index in [1.165, 1.54) is 6.92 Å². The third-order valence-electron chi connectivity index (χ3n) is 2.03. The number of anilines is 1. The molecule has 2 N–H and O–H groups in total. The Balaban J connectivity index is 2.42. The maximum Gasteiger partial charge on any atom is 0.221 e. The average molecular weight is 201 g/mol. The van der Waals surface area contributed by atoms with E-state index in [9.17, 15) is 4.79 Å². The van der Waals surface area contributed by atoms with Crippen molar-refractivity contribution in [2.24, 2.45) is 0 Å². The molecule has 0 atom stereocenters. The number of carbonyl (C=O) groups excluding carboxylic acids is 1. The molecular weight excluding hydrogens is 190 g/mol. The van der Waals surface area contributed by atoms with Gasteiger partial charge in [-0.2, -0.15) is 5.10 Å². The van der Waals surface area contributed by atoms with Gasteiger partial charge in [0.15, 0.2) is 0 Å². The second-order valence-electron chi connectivity index (χ2n) is 3.20. The highest BCUT2D eigenvalue weighted by Crippen LogP contribution is 2.25. The maximum atomic E-state index is 11.0. The molecule has 1 heterocycles. The smallest absolute Gasteiger partial charge is 0.221 e. The van der Waals surface area contributed by atoms with E-state index in [1.54, 1.807) is 6.20 Å². The minimum Gasteiger partial charge on any atom is -0.326 e. The van der Waals surface area contributed by atoms with Crippen LogP contribution in [0.5, 0.6) is 0 Å². The van der Waals surface area contributed by atoms with Gasteiger partial charge in [-0.05, 0) is 12.1 Å². The molecule has 1 aromatic heterocycles. The van der Waals surface area contributed by atoms with Crippen molar-refractivity contribution < 1.29 is 4.79 Å². The molecule has 0 aliphatic heterocycles. The maximum absolute atomic E-state index is 11.0. The first-order valence-corrected chi connectivity index (χ1v) is 4.64. The number of nitrogens with one attached hydrogen (secondary N) is 2. The molecule has 0 unspecified atom stereocenters. The molecule has 0 fully saturated rings. The van der Waals surface area contributed by atoms with Crippen LogP contribution in [-0.4, -0.2) is 16.1 Å². The van der Waals surface area contributed by atoms with Gasteiger partial charge in [-0.1, -0.05) is 18.2 Å². The Morgan fingerprint density at radius 3 is 2.80 bits per heavy atom. The topological polar surface area (TPSA) is 57.8 Å². The van der Waals surface area contributed by atoms with E-state index in [0.717, 1.165) is 16.9 Å². The van der Waals surface area contributed by atoms with Gasteiger partial charge >= 0.3 is 0 Å². The first kappa shape index (κ1) is 9.45. The van der Waals surface area contributed by atoms with Crippen molar-refractivity contribution >= 4 is 11.6 Å². The summed E-state index contributed by atoms with van der Waals surface area (Å²) in [6.07, 6.45) is 1.68. The monoisotopic (exact) mass is 201 g/mol. The molecular formula is C11H11N3O. The van der Waals surface area contributed by atoms with Gasteiger partial charge in [-0.25, -0.2) is 0 Å². The number of carbonyl (C=O) groups is 1. The number of nitrogens with zero attached hydrogens (tertiary/aromatic N) is 1. The zero-order valence-corrected chi connectivity index (χ0v) is 8.32. The third kappa shape index (κ3) is 2.04. The van der Waals surface area contributed by atoms with Crippen LogP contribution >= 0.6 is 0 Å². The molecule has 0 saturated carbocycles. The molecule has 0 aliphatic carbocycles. The Bertz CT molecular complexity index is 462. The summed E-state index contributed by atoms with van der Waals surface area (Å²) in [5, 5.41) is 9.52. The Kier molecular flexibility index (Phi) is 2.49. The van der Waals surface area contributed by atoms with Gasteiger partial charge in [0.1, 0.15) is 0 Å². The minimum atomic E-state index is -0.0815. The fraction of sp³-hybridized carbons (Fsp3) is 0.0909. The van der Waals surface area contributed by atoms with E-state index in [4.69, 9.17) is 0 Å². The highest BCUT2D eigenvalue weighted by Gasteiger charge is 2.05. The second-order valence-corrected chi connectivity index (χ2v) is 3.20. The number of para-hydroxylation sites is 1. The molecule has 1 amide bonds. The summed E-state index contributed by atoms with van der Waals surface area (Å²) < 4.78 is 0. The number of aromatic amines is 1. The van der Waals surface area contributed by atoms with Crippen molar-refractivity contribution in [3.63, 3.8) is 0 Å². The molecule has 1 aromatic carbocycles. The van der Waals surface area contributed by atoms with Gasteiger partial charge < -0.3 is 5.32 Å². The van der Waals surface area contributed by atoms with Gasteiger partial charge in [0, 0.05) is 18.7 Å². The van der Waals surface area contributed by atoms with Crippen molar-refractivity contribution in [3.05, 3.63) is 36.5 Å². The summed E-state index contributed by atoms with van der Waals surface area (Å²) in [6.45, 7) is 1.49. The predicted octanol–water partition coefficient (Wildman–Crippen LogP) is 2.04. The van der Waals surface area contributed by atoms with Gasteiger partial charge in [-0.15, -0.1) is 0 Å². The summed E-state index contributed by atoms with van der Waals surface area (Å²) in [4.78, 5) is 11.0. The molecule has 4 heteroatoms. The zero-order chi connectivity index (χ0) is 10.7. The summed E-state index contributed by atoms with van der Waals surface area (Å²) in [5.41, 5.74) is 2.61. The number of benzene rings is 1. The van der Waals surface area contributed by atoms with E-state index < -0.39 is 0 Å². The predicted molar refractivity (Wildman–Crippen MR) is 58.3 cm³/mol. The SMILES string of the molecule is CC(=O)Nc1ccccc1-c1ccn[nH]1. The summed E-state index contributed by atoms with van der Waals surface area (Å²) >= 11 is 0. The lowest BCUT2D eigenvalue weighted by atomic mass is 10.1. The Labute approximate surface area is 87.3 Å². The highest BCUT2D eigenvalue weighted by atomic mass is 16.1. The molecule has 2 aromatic rings. The van der Waals surface area contributed by atoms with E-state index in [1.807, 2.05) is 30.3 Å². The third-order valence-corrected chi connectivity index (χ3v) is 2.03. The average Bonchev–Trinajstić information content (AvgIpc) is 2.70. The van der Waals surface area contributed by atoms with Crippen molar-refractivity contribution in [3.8, 4) is 11.3 Å². The van der Waals surface area contributed by atoms with E-state index in [2.05, 4.69) is 15.5 Å². The zero-order valence-electron chi connectivity index (χ0n) is 8.32. The molecule has 0 spiro atoms. The molecule has 0 radical (unpaired) electrons. The van der Waals surface area contributed by atoms with Gasteiger partial charge in [0.25, 0.3) is 0 Å². The number of aromatic nitrogens is 2. The number of rotatable bonds is 2. The molecule has 0 aliphatic rings. The summed E-state index contributed by atoms with van der Waals surface area (Å²) in [6, 6.07) is 9.45. The molecule has 0 saturated heterocycles. The Hall–Kier alpha value is -2.10. The van der Waals surface area contributed by atoms with Crippen LogP contribution in [0.3, 0.4) is 0 Å². The standard InChI is InChI=1S/C11H11N3O/c1-8(15)13-10-5-3-2-4-9(10)11-6-7-12-14-11/h2-7H,1H3,(H,12,14)(H,13,15). The quantitative estimate of drug-likeness (QED) is 0.781. The molecule has 15 heavy (non-hydrogen) atoms. The Morgan fingerprint density at radius 1 is 1.33 bits per heavy atom. The van der Waals surface area contributed by atoms with Crippen LogP contribution in [0.1, 0.15) is 6.92 Å². The van der Waals surface area contributed by atoms with Crippen LogP contribution in [0, 0.1) is 0 Å². The van der Waals surface area contributed by atoms with Gasteiger partial charge in [0.2, 0.25) is 5.91 Å². The first-order valence-electron chi connectivity index (χ1n) is 4.64. The van der Waals surface area contributed by atoms with Crippen molar-refractivity contribution in [1.29, 1.82) is 0 Å². The van der Waals surface area contributed by atoms with Crippen LogP contribution in [0.2, 0.25) is 0 Å². The normalized spacial score (nSPS) is 9.93. The summed E-state index contributed by atoms with van der Waals surface area (Å²) in [5.74, 6) is -0.0815. The van der Waals surface area contributed by atoms with Gasteiger partial charge in [0.05, 0.1) is 11.4 Å². The molecule has 2 rings (SSSR count). The number of amides is 1. The number of H-pyrrole nitrogens is 1. The highest BCUT2D eigenvalue weighted by molar-refractivity contribution is 5.93.